The van der Waals surface area contributed by atoms with E-state index in [1.165, 1.54) is 6.08 Å². The molecule has 1 saturated carbocycles. The predicted molar refractivity (Wildman–Crippen MR) is 78.1 cm³/mol. The maximum atomic E-state index is 12.6. The number of sulfonamides is 1. The summed E-state index contributed by atoms with van der Waals surface area (Å²) in [5, 5.41) is 8.57. The van der Waals surface area contributed by atoms with Crippen LogP contribution in [0.2, 0.25) is 0 Å². The predicted octanol–water partition coefficient (Wildman–Crippen LogP) is 1.96. The van der Waals surface area contributed by atoms with Crippen molar-refractivity contribution < 1.29 is 18.3 Å². The molecular formula is C15H17NO4S. The van der Waals surface area contributed by atoms with Gasteiger partial charge in [-0.2, -0.15) is 4.31 Å². The van der Waals surface area contributed by atoms with Gasteiger partial charge in [-0.25, -0.2) is 13.2 Å². The Balaban J connectivity index is 1.81. The molecule has 1 aliphatic heterocycles. The minimum Gasteiger partial charge on any atom is -0.478 e. The molecule has 2 bridgehead atoms. The molecule has 2 atom stereocenters. The lowest BCUT2D eigenvalue weighted by atomic mass is 10.1. The molecule has 2 unspecified atom stereocenters. The van der Waals surface area contributed by atoms with Gasteiger partial charge in [-0.3, -0.25) is 0 Å². The number of rotatable bonds is 4. The molecule has 0 radical (unpaired) electrons. The highest BCUT2D eigenvalue weighted by Crippen LogP contribution is 2.40. The quantitative estimate of drug-likeness (QED) is 0.863. The minimum atomic E-state index is -3.42. The Bertz CT molecular complexity index is 678. The third-order valence-corrected chi connectivity index (χ3v) is 6.20. The summed E-state index contributed by atoms with van der Waals surface area (Å²) in [6, 6.07) is 6.50. The van der Waals surface area contributed by atoms with Gasteiger partial charge in [0.05, 0.1) is 4.90 Å². The molecule has 1 aliphatic carbocycles. The SMILES string of the molecule is O=C(O)C=Cc1ccc(S(=O)(=O)N2CC3CCC2C3)cc1. The third-order valence-electron chi connectivity index (χ3n) is 4.26. The first kappa shape index (κ1) is 14.3. The highest BCUT2D eigenvalue weighted by Gasteiger charge is 2.44. The van der Waals surface area contributed by atoms with Crippen LogP contribution in [0.15, 0.2) is 35.2 Å². The van der Waals surface area contributed by atoms with E-state index in [-0.39, 0.29) is 10.9 Å². The van der Waals surface area contributed by atoms with Crippen LogP contribution in [0, 0.1) is 5.92 Å². The highest BCUT2D eigenvalue weighted by molar-refractivity contribution is 7.89. The van der Waals surface area contributed by atoms with Gasteiger partial charge in [0.25, 0.3) is 0 Å². The van der Waals surface area contributed by atoms with Crippen molar-refractivity contribution in [1.82, 2.24) is 4.31 Å². The number of carboxylic acids is 1. The number of benzene rings is 1. The molecule has 21 heavy (non-hydrogen) atoms. The second kappa shape index (κ2) is 5.27. The monoisotopic (exact) mass is 307 g/mol. The Morgan fingerprint density at radius 3 is 2.48 bits per heavy atom. The number of fused-ring (bicyclic) bond motifs is 2. The molecule has 2 fully saturated rings. The van der Waals surface area contributed by atoms with Gasteiger partial charge in [-0.05, 0) is 49.0 Å². The van der Waals surface area contributed by atoms with E-state index in [4.69, 9.17) is 5.11 Å². The maximum Gasteiger partial charge on any atom is 0.328 e. The van der Waals surface area contributed by atoms with E-state index in [2.05, 4.69) is 0 Å². The van der Waals surface area contributed by atoms with Crippen molar-refractivity contribution in [2.75, 3.05) is 6.54 Å². The summed E-state index contributed by atoms with van der Waals surface area (Å²) in [5.41, 5.74) is 0.666. The Labute approximate surface area is 123 Å². The van der Waals surface area contributed by atoms with Crippen molar-refractivity contribution in [2.45, 2.75) is 30.2 Å². The van der Waals surface area contributed by atoms with Crippen LogP contribution in [0.25, 0.3) is 6.08 Å². The summed E-state index contributed by atoms with van der Waals surface area (Å²) in [5.74, 6) is -0.512. The topological polar surface area (TPSA) is 74.7 Å². The van der Waals surface area contributed by atoms with Crippen LogP contribution in [0.4, 0.5) is 0 Å². The zero-order valence-corrected chi connectivity index (χ0v) is 12.3. The van der Waals surface area contributed by atoms with Crippen LogP contribution >= 0.6 is 0 Å². The van der Waals surface area contributed by atoms with Crippen LogP contribution in [-0.4, -0.2) is 36.4 Å². The van der Waals surface area contributed by atoms with E-state index in [0.717, 1.165) is 25.3 Å². The number of carbonyl (C=O) groups is 1. The zero-order chi connectivity index (χ0) is 15.0. The van der Waals surface area contributed by atoms with E-state index in [0.29, 0.717) is 18.0 Å². The normalized spacial score (nSPS) is 25.7. The molecular weight excluding hydrogens is 290 g/mol. The number of carboxylic acid groups (broad SMARTS) is 1. The molecule has 1 aromatic rings. The first-order valence-corrected chi connectivity index (χ1v) is 8.44. The molecule has 2 aliphatic rings. The molecule has 1 N–H and O–H groups in total. The number of nitrogens with zero attached hydrogens (tertiary/aromatic N) is 1. The number of aliphatic carboxylic acids is 1. The van der Waals surface area contributed by atoms with Crippen molar-refractivity contribution in [2.24, 2.45) is 5.92 Å². The van der Waals surface area contributed by atoms with Crippen molar-refractivity contribution in [3.63, 3.8) is 0 Å². The number of piperidine rings is 1. The summed E-state index contributed by atoms with van der Waals surface area (Å²) in [4.78, 5) is 10.7. The number of hydrogen-bond donors (Lipinski definition) is 1. The second-order valence-corrected chi connectivity index (χ2v) is 7.54. The van der Waals surface area contributed by atoms with Crippen molar-refractivity contribution in [1.29, 1.82) is 0 Å². The van der Waals surface area contributed by atoms with Crippen molar-refractivity contribution in [3.05, 3.63) is 35.9 Å². The molecule has 3 rings (SSSR count). The summed E-state index contributed by atoms with van der Waals surface area (Å²) >= 11 is 0. The van der Waals surface area contributed by atoms with Gasteiger partial charge in [0.15, 0.2) is 0 Å². The van der Waals surface area contributed by atoms with Crippen LogP contribution in [-0.2, 0) is 14.8 Å². The van der Waals surface area contributed by atoms with E-state index < -0.39 is 16.0 Å². The highest BCUT2D eigenvalue weighted by atomic mass is 32.2. The van der Waals surface area contributed by atoms with E-state index in [1.807, 2.05) is 0 Å². The first-order chi connectivity index (χ1) is 9.96. The average Bonchev–Trinajstić information content (AvgIpc) is 3.08. The van der Waals surface area contributed by atoms with Gasteiger partial charge in [0, 0.05) is 18.7 Å². The van der Waals surface area contributed by atoms with Gasteiger partial charge < -0.3 is 5.11 Å². The molecule has 0 amide bonds. The summed E-state index contributed by atoms with van der Waals surface area (Å²) in [6.45, 7) is 0.633. The Hall–Kier alpha value is -1.66. The summed E-state index contributed by atoms with van der Waals surface area (Å²) in [6.07, 6.45) is 5.55. The lowest BCUT2D eigenvalue weighted by molar-refractivity contribution is -0.131. The van der Waals surface area contributed by atoms with Gasteiger partial charge in [-0.1, -0.05) is 12.1 Å². The van der Waals surface area contributed by atoms with E-state index >= 15 is 0 Å². The first-order valence-electron chi connectivity index (χ1n) is 7.00. The molecule has 1 heterocycles. The second-order valence-electron chi connectivity index (χ2n) is 5.65. The maximum absolute atomic E-state index is 12.6. The fourth-order valence-electron chi connectivity index (χ4n) is 3.23. The van der Waals surface area contributed by atoms with Crippen molar-refractivity contribution in [3.8, 4) is 0 Å². The molecule has 1 aromatic carbocycles. The lowest BCUT2D eigenvalue weighted by Gasteiger charge is -2.26. The molecule has 112 valence electrons. The van der Waals surface area contributed by atoms with Gasteiger partial charge >= 0.3 is 5.97 Å². The van der Waals surface area contributed by atoms with Crippen LogP contribution in [0.5, 0.6) is 0 Å². The molecule has 0 aromatic heterocycles. The van der Waals surface area contributed by atoms with Crippen LogP contribution in [0.3, 0.4) is 0 Å². The zero-order valence-electron chi connectivity index (χ0n) is 11.5. The van der Waals surface area contributed by atoms with E-state index in [9.17, 15) is 13.2 Å². The molecule has 0 spiro atoms. The fourth-order valence-corrected chi connectivity index (χ4v) is 4.97. The standard InChI is InChI=1S/C15H17NO4S/c17-15(18)8-4-11-2-6-14(7-3-11)21(19,20)16-10-12-1-5-13(16)9-12/h2-4,6-8,12-13H,1,5,9-10H2,(H,17,18). The largest absolute Gasteiger partial charge is 0.478 e. The summed E-state index contributed by atoms with van der Waals surface area (Å²) < 4.78 is 26.9. The van der Waals surface area contributed by atoms with Crippen LogP contribution < -0.4 is 0 Å². The van der Waals surface area contributed by atoms with Crippen molar-refractivity contribution >= 4 is 22.1 Å². The number of hydrogen-bond acceptors (Lipinski definition) is 3. The Morgan fingerprint density at radius 2 is 1.95 bits per heavy atom. The molecule has 5 nitrogen and oxygen atoms in total. The van der Waals surface area contributed by atoms with E-state index in [1.54, 1.807) is 28.6 Å². The Morgan fingerprint density at radius 1 is 1.24 bits per heavy atom. The van der Waals surface area contributed by atoms with Gasteiger partial charge in [0.2, 0.25) is 10.0 Å². The summed E-state index contributed by atoms with van der Waals surface area (Å²) in [7, 11) is -3.42. The van der Waals surface area contributed by atoms with Gasteiger partial charge in [-0.15, -0.1) is 0 Å². The average molecular weight is 307 g/mol. The van der Waals surface area contributed by atoms with Crippen LogP contribution in [0.1, 0.15) is 24.8 Å². The Kier molecular flexibility index (Phi) is 3.59. The fraction of sp³-hybridized carbons (Fsp3) is 0.400. The smallest absolute Gasteiger partial charge is 0.328 e. The molecule has 1 saturated heterocycles. The minimum absolute atomic E-state index is 0.159. The lowest BCUT2D eigenvalue weighted by Crippen LogP contribution is -2.37. The molecule has 6 heteroatoms. The van der Waals surface area contributed by atoms with Gasteiger partial charge in [0.1, 0.15) is 0 Å². The third kappa shape index (κ3) is 2.73.